The molecule has 0 heterocycles. The molecule has 3 aromatic rings. The Bertz CT molecular complexity index is 1360. The SMILES string of the molecule is CC[C@H](C(=O)N[C@@H](C)CC)N(Cc1ccccc1)C(=O)CN(c1ccc(C)cc1)S(=O)(=O)c1ccc(OC)cc1. The maximum atomic E-state index is 14.1. The molecule has 2 amide bonds. The van der Waals surface area contributed by atoms with Gasteiger partial charge in [-0.2, -0.15) is 0 Å². The Kier molecular flexibility index (Phi) is 10.7. The van der Waals surface area contributed by atoms with E-state index in [1.54, 1.807) is 36.4 Å². The number of nitrogens with zero attached hydrogens (tertiary/aromatic N) is 2. The molecule has 0 unspecified atom stereocenters. The highest BCUT2D eigenvalue weighted by atomic mass is 32.2. The molecule has 9 heteroatoms. The van der Waals surface area contributed by atoms with Crippen LogP contribution in [-0.2, 0) is 26.2 Å². The summed E-state index contributed by atoms with van der Waals surface area (Å²) < 4.78 is 34.1. The summed E-state index contributed by atoms with van der Waals surface area (Å²) in [4.78, 5) is 28.9. The van der Waals surface area contributed by atoms with Crippen LogP contribution >= 0.6 is 0 Å². The topological polar surface area (TPSA) is 96.0 Å². The number of hydrogen-bond acceptors (Lipinski definition) is 5. The minimum atomic E-state index is -4.14. The lowest BCUT2D eigenvalue weighted by Gasteiger charge is -2.33. The number of hydrogen-bond donors (Lipinski definition) is 1. The number of rotatable bonds is 13. The summed E-state index contributed by atoms with van der Waals surface area (Å²) in [5.41, 5.74) is 2.15. The zero-order valence-electron chi connectivity index (χ0n) is 23.8. The smallest absolute Gasteiger partial charge is 0.264 e. The number of sulfonamides is 1. The van der Waals surface area contributed by atoms with E-state index in [1.165, 1.54) is 24.1 Å². The number of carbonyl (C=O) groups excluding carboxylic acids is 2. The quantitative estimate of drug-likeness (QED) is 0.317. The zero-order valence-corrected chi connectivity index (χ0v) is 24.6. The molecular weight excluding hydrogens is 526 g/mol. The summed E-state index contributed by atoms with van der Waals surface area (Å²) in [5.74, 6) is -0.224. The predicted molar refractivity (Wildman–Crippen MR) is 158 cm³/mol. The molecule has 0 fully saturated rings. The standard InChI is InChI=1S/C31H39N3O5S/c1-6-24(4)32-31(36)29(7-2)33(21-25-11-9-8-10-12-25)30(35)22-34(26-15-13-23(3)14-16-26)40(37,38)28-19-17-27(39-5)18-20-28/h8-20,24,29H,6-7,21-22H2,1-5H3,(H,32,36)/t24-,29+/m0/s1. The van der Waals surface area contributed by atoms with Crippen molar-refractivity contribution in [1.29, 1.82) is 0 Å². The van der Waals surface area contributed by atoms with Crippen LogP contribution in [0.3, 0.4) is 0 Å². The zero-order chi connectivity index (χ0) is 29.3. The molecule has 0 radical (unpaired) electrons. The van der Waals surface area contributed by atoms with Crippen LogP contribution in [0.25, 0.3) is 0 Å². The second-order valence-corrected chi connectivity index (χ2v) is 11.6. The van der Waals surface area contributed by atoms with E-state index in [0.29, 0.717) is 17.9 Å². The van der Waals surface area contributed by atoms with Crippen molar-refractivity contribution in [2.45, 2.75) is 64.1 Å². The second-order valence-electron chi connectivity index (χ2n) is 9.77. The van der Waals surface area contributed by atoms with Gasteiger partial charge in [0.25, 0.3) is 10.0 Å². The molecule has 0 aliphatic rings. The number of benzene rings is 3. The molecule has 0 aliphatic heterocycles. The average Bonchev–Trinajstić information content (AvgIpc) is 2.96. The lowest BCUT2D eigenvalue weighted by Crippen LogP contribution is -2.53. The fourth-order valence-electron chi connectivity index (χ4n) is 4.26. The van der Waals surface area contributed by atoms with Crippen molar-refractivity contribution in [2.75, 3.05) is 18.0 Å². The van der Waals surface area contributed by atoms with Gasteiger partial charge in [-0.1, -0.05) is 61.9 Å². The molecular formula is C31H39N3O5S. The van der Waals surface area contributed by atoms with Gasteiger partial charge >= 0.3 is 0 Å². The lowest BCUT2D eigenvalue weighted by atomic mass is 10.1. The van der Waals surface area contributed by atoms with Crippen molar-refractivity contribution in [2.24, 2.45) is 0 Å². The number of amides is 2. The molecule has 3 aromatic carbocycles. The van der Waals surface area contributed by atoms with E-state index in [2.05, 4.69) is 5.32 Å². The van der Waals surface area contributed by atoms with Gasteiger partial charge in [-0.3, -0.25) is 13.9 Å². The number of methoxy groups -OCH3 is 1. The molecule has 2 atom stereocenters. The van der Waals surface area contributed by atoms with E-state index in [1.807, 2.05) is 58.0 Å². The largest absolute Gasteiger partial charge is 0.497 e. The molecule has 1 N–H and O–H groups in total. The van der Waals surface area contributed by atoms with Gasteiger partial charge in [0, 0.05) is 12.6 Å². The van der Waals surface area contributed by atoms with Crippen LogP contribution in [0.5, 0.6) is 5.75 Å². The summed E-state index contributed by atoms with van der Waals surface area (Å²) in [6.45, 7) is 7.32. The van der Waals surface area contributed by atoms with E-state index in [0.717, 1.165) is 21.9 Å². The van der Waals surface area contributed by atoms with Crippen molar-refractivity contribution >= 4 is 27.5 Å². The van der Waals surface area contributed by atoms with Crippen LogP contribution in [0.15, 0.2) is 83.8 Å². The van der Waals surface area contributed by atoms with Crippen LogP contribution < -0.4 is 14.4 Å². The molecule has 0 aliphatic carbocycles. The summed E-state index contributed by atoms with van der Waals surface area (Å²) in [5, 5.41) is 2.98. The molecule has 0 aromatic heterocycles. The van der Waals surface area contributed by atoms with E-state index in [-0.39, 0.29) is 23.4 Å². The maximum absolute atomic E-state index is 14.1. The first-order valence-corrected chi connectivity index (χ1v) is 14.9. The first-order chi connectivity index (χ1) is 19.1. The highest BCUT2D eigenvalue weighted by Gasteiger charge is 2.34. The minimum absolute atomic E-state index is 0.0258. The van der Waals surface area contributed by atoms with Crippen LogP contribution in [-0.4, -0.2) is 50.9 Å². The van der Waals surface area contributed by atoms with Crippen LogP contribution in [0.2, 0.25) is 0 Å². The Labute approximate surface area is 238 Å². The van der Waals surface area contributed by atoms with Gasteiger partial charge < -0.3 is 15.0 Å². The summed E-state index contributed by atoms with van der Waals surface area (Å²) in [6, 6.07) is 21.5. The third-order valence-corrected chi connectivity index (χ3v) is 8.62. The van der Waals surface area contributed by atoms with Crippen molar-refractivity contribution in [3.05, 3.63) is 90.0 Å². The Morgan fingerprint density at radius 1 is 0.900 bits per heavy atom. The fourth-order valence-corrected chi connectivity index (χ4v) is 5.67. The third-order valence-electron chi connectivity index (χ3n) is 6.83. The number of aryl methyl sites for hydroxylation is 1. The van der Waals surface area contributed by atoms with Gasteiger partial charge in [0.15, 0.2) is 0 Å². The fraction of sp³-hybridized carbons (Fsp3) is 0.355. The van der Waals surface area contributed by atoms with Gasteiger partial charge in [0.1, 0.15) is 18.3 Å². The Hall–Kier alpha value is -3.85. The second kappa shape index (κ2) is 14.0. The van der Waals surface area contributed by atoms with Crippen molar-refractivity contribution in [1.82, 2.24) is 10.2 Å². The number of nitrogens with one attached hydrogen (secondary N) is 1. The van der Waals surface area contributed by atoms with Gasteiger partial charge in [-0.15, -0.1) is 0 Å². The van der Waals surface area contributed by atoms with E-state index >= 15 is 0 Å². The molecule has 214 valence electrons. The van der Waals surface area contributed by atoms with Crippen molar-refractivity contribution < 1.29 is 22.7 Å². The van der Waals surface area contributed by atoms with E-state index in [9.17, 15) is 18.0 Å². The van der Waals surface area contributed by atoms with Crippen LogP contribution in [0.4, 0.5) is 5.69 Å². The molecule has 3 rings (SSSR count). The summed E-state index contributed by atoms with van der Waals surface area (Å²) in [6.07, 6.45) is 1.12. The lowest BCUT2D eigenvalue weighted by molar-refractivity contribution is -0.140. The third kappa shape index (κ3) is 7.63. The minimum Gasteiger partial charge on any atom is -0.497 e. The maximum Gasteiger partial charge on any atom is 0.264 e. The highest BCUT2D eigenvalue weighted by Crippen LogP contribution is 2.26. The Morgan fingerprint density at radius 3 is 2.08 bits per heavy atom. The number of ether oxygens (including phenoxy) is 1. The van der Waals surface area contributed by atoms with Gasteiger partial charge in [-0.05, 0) is 68.7 Å². The number of anilines is 1. The molecule has 0 saturated carbocycles. The number of carbonyl (C=O) groups is 2. The van der Waals surface area contributed by atoms with Crippen molar-refractivity contribution in [3.8, 4) is 5.75 Å². The van der Waals surface area contributed by atoms with Crippen molar-refractivity contribution in [3.63, 3.8) is 0 Å². The molecule has 0 bridgehead atoms. The first-order valence-electron chi connectivity index (χ1n) is 13.5. The van der Waals surface area contributed by atoms with Crippen LogP contribution in [0, 0.1) is 6.92 Å². The Balaban J connectivity index is 2.04. The molecule has 0 saturated heterocycles. The van der Waals surface area contributed by atoms with Gasteiger partial charge in [0.05, 0.1) is 17.7 Å². The normalized spacial score (nSPS) is 12.7. The van der Waals surface area contributed by atoms with Gasteiger partial charge in [0.2, 0.25) is 11.8 Å². The highest BCUT2D eigenvalue weighted by molar-refractivity contribution is 7.92. The molecule has 40 heavy (non-hydrogen) atoms. The van der Waals surface area contributed by atoms with E-state index < -0.39 is 28.5 Å². The Morgan fingerprint density at radius 2 is 1.52 bits per heavy atom. The summed E-state index contributed by atoms with van der Waals surface area (Å²) in [7, 11) is -2.64. The first kappa shape index (κ1) is 30.7. The monoisotopic (exact) mass is 565 g/mol. The van der Waals surface area contributed by atoms with Gasteiger partial charge in [-0.25, -0.2) is 8.42 Å². The summed E-state index contributed by atoms with van der Waals surface area (Å²) >= 11 is 0. The predicted octanol–water partition coefficient (Wildman–Crippen LogP) is 4.92. The molecule has 0 spiro atoms. The average molecular weight is 566 g/mol. The van der Waals surface area contributed by atoms with Crippen LogP contribution in [0.1, 0.15) is 44.7 Å². The molecule has 8 nitrogen and oxygen atoms in total. The van der Waals surface area contributed by atoms with E-state index in [4.69, 9.17) is 4.74 Å².